The second-order valence-corrected chi connectivity index (χ2v) is 7.70. The lowest BCUT2D eigenvalue weighted by Crippen LogP contribution is -2.40. The summed E-state index contributed by atoms with van der Waals surface area (Å²) in [6.07, 6.45) is 6.37. The normalized spacial score (nSPS) is 22.3. The highest BCUT2D eigenvalue weighted by Gasteiger charge is 2.24. The van der Waals surface area contributed by atoms with E-state index in [1.165, 1.54) is 38.8 Å². The summed E-state index contributed by atoms with van der Waals surface area (Å²) >= 11 is 0. The zero-order valence-electron chi connectivity index (χ0n) is 16.0. The summed E-state index contributed by atoms with van der Waals surface area (Å²) < 4.78 is 5.68. The van der Waals surface area contributed by atoms with E-state index >= 15 is 0 Å². The average molecular weight is 339 g/mol. The summed E-state index contributed by atoms with van der Waals surface area (Å²) in [6.45, 7) is 13.7. The minimum Gasteiger partial charge on any atom is -0.381 e. The van der Waals surface area contributed by atoms with Crippen LogP contribution in [-0.2, 0) is 4.74 Å². The number of hydrogen-bond donors (Lipinski definition) is 2. The molecule has 1 saturated carbocycles. The molecule has 5 heteroatoms. The van der Waals surface area contributed by atoms with Gasteiger partial charge in [0.05, 0.1) is 6.54 Å². The van der Waals surface area contributed by atoms with Gasteiger partial charge in [-0.05, 0) is 57.4 Å². The minimum absolute atomic E-state index is 0.615. The molecule has 140 valence electrons. The molecule has 0 bridgehead atoms. The quantitative estimate of drug-likeness (QED) is 0.345. The van der Waals surface area contributed by atoms with Crippen molar-refractivity contribution in [1.82, 2.24) is 15.5 Å². The minimum atomic E-state index is 0.615. The fourth-order valence-corrected chi connectivity index (χ4v) is 3.27. The van der Waals surface area contributed by atoms with E-state index in [4.69, 9.17) is 9.73 Å². The predicted molar refractivity (Wildman–Crippen MR) is 102 cm³/mol. The first kappa shape index (κ1) is 19.5. The second kappa shape index (κ2) is 10.9. The Hall–Kier alpha value is -0.810. The van der Waals surface area contributed by atoms with Crippen LogP contribution in [0.4, 0.5) is 0 Å². The zero-order valence-corrected chi connectivity index (χ0v) is 16.0. The largest absolute Gasteiger partial charge is 0.381 e. The van der Waals surface area contributed by atoms with Crippen molar-refractivity contribution >= 4 is 5.96 Å². The summed E-state index contributed by atoms with van der Waals surface area (Å²) in [5.74, 6) is 2.55. The van der Waals surface area contributed by atoms with E-state index in [1.54, 1.807) is 0 Å². The van der Waals surface area contributed by atoms with Gasteiger partial charge in [0.2, 0.25) is 0 Å². The molecule has 0 aromatic heterocycles. The maximum atomic E-state index is 5.68. The number of hydrogen-bond acceptors (Lipinski definition) is 3. The Bertz CT molecular complexity index is 368. The van der Waals surface area contributed by atoms with Crippen LogP contribution in [0.5, 0.6) is 0 Å². The number of guanidine groups is 1. The van der Waals surface area contributed by atoms with Crippen LogP contribution >= 0.6 is 0 Å². The smallest absolute Gasteiger partial charge is 0.191 e. The number of nitrogens with zero attached hydrogens (tertiary/aromatic N) is 2. The van der Waals surface area contributed by atoms with Crippen LogP contribution in [0.3, 0.4) is 0 Å². The van der Waals surface area contributed by atoms with Crippen molar-refractivity contribution in [2.24, 2.45) is 16.8 Å². The Labute approximate surface area is 148 Å². The molecule has 2 aliphatic rings. The summed E-state index contributed by atoms with van der Waals surface area (Å²) in [6, 6.07) is 0.615. The molecule has 1 heterocycles. The van der Waals surface area contributed by atoms with Crippen molar-refractivity contribution in [3.05, 3.63) is 0 Å². The van der Waals surface area contributed by atoms with E-state index in [-0.39, 0.29) is 0 Å². The Morgan fingerprint density at radius 2 is 2.08 bits per heavy atom. The molecule has 0 aromatic rings. The van der Waals surface area contributed by atoms with Crippen LogP contribution in [0.2, 0.25) is 0 Å². The molecule has 24 heavy (non-hydrogen) atoms. The summed E-state index contributed by atoms with van der Waals surface area (Å²) in [4.78, 5) is 7.44. The molecule has 0 aromatic carbocycles. The van der Waals surface area contributed by atoms with Gasteiger partial charge in [0.1, 0.15) is 0 Å². The van der Waals surface area contributed by atoms with Crippen molar-refractivity contribution in [3.63, 3.8) is 0 Å². The third kappa shape index (κ3) is 7.84. The molecular formula is C19H38N4O. The highest BCUT2D eigenvalue weighted by atomic mass is 16.5. The van der Waals surface area contributed by atoms with Gasteiger partial charge in [-0.15, -0.1) is 0 Å². The van der Waals surface area contributed by atoms with Gasteiger partial charge in [0, 0.05) is 38.9 Å². The molecular weight excluding hydrogens is 300 g/mol. The lowest BCUT2D eigenvalue weighted by atomic mass is 10.2. The molecule has 0 amide bonds. The Balaban J connectivity index is 1.64. The SMILES string of the molecule is CCNC(=NC[C@H]1CCCN1CC(C)C)NCCCOCC1CC1. The van der Waals surface area contributed by atoms with Crippen molar-refractivity contribution in [1.29, 1.82) is 0 Å². The molecule has 5 nitrogen and oxygen atoms in total. The van der Waals surface area contributed by atoms with Crippen LogP contribution in [0.15, 0.2) is 4.99 Å². The molecule has 0 radical (unpaired) electrons. The highest BCUT2D eigenvalue weighted by molar-refractivity contribution is 5.79. The van der Waals surface area contributed by atoms with E-state index in [2.05, 4.69) is 36.3 Å². The zero-order chi connectivity index (χ0) is 17.2. The predicted octanol–water partition coefficient (Wildman–Crippen LogP) is 2.48. The van der Waals surface area contributed by atoms with Gasteiger partial charge in [-0.2, -0.15) is 0 Å². The molecule has 2 rings (SSSR count). The first-order chi connectivity index (χ1) is 11.7. The Morgan fingerprint density at radius 3 is 2.79 bits per heavy atom. The molecule has 1 atom stereocenters. The number of aliphatic imine (C=N–C) groups is 1. The summed E-state index contributed by atoms with van der Waals surface area (Å²) in [5, 5.41) is 6.81. The molecule has 1 aliphatic carbocycles. The van der Waals surface area contributed by atoms with E-state index in [0.29, 0.717) is 6.04 Å². The Kier molecular flexibility index (Phi) is 8.89. The van der Waals surface area contributed by atoms with E-state index in [0.717, 1.165) is 57.1 Å². The van der Waals surface area contributed by atoms with Crippen molar-refractivity contribution in [2.75, 3.05) is 45.9 Å². The van der Waals surface area contributed by atoms with Crippen LogP contribution in [-0.4, -0.2) is 62.8 Å². The number of nitrogens with one attached hydrogen (secondary N) is 2. The molecule has 2 N–H and O–H groups in total. The second-order valence-electron chi connectivity index (χ2n) is 7.70. The topological polar surface area (TPSA) is 48.9 Å². The van der Waals surface area contributed by atoms with Crippen molar-refractivity contribution in [2.45, 2.75) is 58.9 Å². The maximum absolute atomic E-state index is 5.68. The van der Waals surface area contributed by atoms with Crippen LogP contribution < -0.4 is 10.6 Å². The van der Waals surface area contributed by atoms with Gasteiger partial charge in [0.25, 0.3) is 0 Å². The third-order valence-corrected chi connectivity index (χ3v) is 4.71. The first-order valence-electron chi connectivity index (χ1n) is 10.0. The maximum Gasteiger partial charge on any atom is 0.191 e. The molecule has 1 saturated heterocycles. The van der Waals surface area contributed by atoms with Gasteiger partial charge in [-0.1, -0.05) is 13.8 Å². The van der Waals surface area contributed by atoms with Crippen LogP contribution in [0, 0.1) is 11.8 Å². The molecule has 1 aliphatic heterocycles. The van der Waals surface area contributed by atoms with Gasteiger partial charge >= 0.3 is 0 Å². The molecule has 0 unspecified atom stereocenters. The fourth-order valence-electron chi connectivity index (χ4n) is 3.27. The average Bonchev–Trinajstić information content (AvgIpc) is 3.27. The van der Waals surface area contributed by atoms with E-state index in [1.807, 2.05) is 0 Å². The summed E-state index contributed by atoms with van der Waals surface area (Å²) in [7, 11) is 0. The third-order valence-electron chi connectivity index (χ3n) is 4.71. The number of rotatable bonds is 11. The number of ether oxygens (including phenoxy) is 1. The van der Waals surface area contributed by atoms with Crippen LogP contribution in [0.1, 0.15) is 52.9 Å². The van der Waals surface area contributed by atoms with Gasteiger partial charge < -0.3 is 15.4 Å². The lowest BCUT2D eigenvalue weighted by molar-refractivity contribution is 0.123. The first-order valence-corrected chi connectivity index (χ1v) is 10.0. The standard InChI is InChI=1S/C19H38N4O/c1-4-20-19(21-10-6-12-24-15-17-8-9-17)22-13-18-7-5-11-23(18)14-16(2)3/h16-18H,4-15H2,1-3H3,(H2,20,21,22)/t18-/m1/s1. The Morgan fingerprint density at radius 1 is 1.25 bits per heavy atom. The van der Waals surface area contributed by atoms with Crippen molar-refractivity contribution < 1.29 is 4.74 Å². The molecule has 0 spiro atoms. The fraction of sp³-hybridized carbons (Fsp3) is 0.947. The lowest BCUT2D eigenvalue weighted by Gasteiger charge is -2.25. The highest BCUT2D eigenvalue weighted by Crippen LogP contribution is 2.28. The van der Waals surface area contributed by atoms with Gasteiger partial charge in [-0.3, -0.25) is 9.89 Å². The van der Waals surface area contributed by atoms with Crippen molar-refractivity contribution in [3.8, 4) is 0 Å². The molecule has 2 fully saturated rings. The monoisotopic (exact) mass is 338 g/mol. The summed E-state index contributed by atoms with van der Waals surface area (Å²) in [5.41, 5.74) is 0. The van der Waals surface area contributed by atoms with Gasteiger partial charge in [-0.25, -0.2) is 0 Å². The van der Waals surface area contributed by atoms with Gasteiger partial charge in [0.15, 0.2) is 5.96 Å². The number of likely N-dealkylation sites (tertiary alicyclic amines) is 1. The van der Waals surface area contributed by atoms with E-state index < -0.39 is 0 Å². The van der Waals surface area contributed by atoms with E-state index in [9.17, 15) is 0 Å². The van der Waals surface area contributed by atoms with Crippen LogP contribution in [0.25, 0.3) is 0 Å².